The number of carboxylic acid groups (broad SMARTS) is 1. The molecule has 1 aromatic rings. The number of hydrogen-bond acceptors (Lipinski definition) is 6. The molecule has 2 rings (SSSR count). The maximum absolute atomic E-state index is 12.0. The second kappa shape index (κ2) is 10.6. The fourth-order valence-electron chi connectivity index (χ4n) is 1.96. The molecular formula is C18H21N3O5. The van der Waals surface area contributed by atoms with Crippen LogP contribution in [-0.4, -0.2) is 29.5 Å². The van der Waals surface area contributed by atoms with Crippen LogP contribution in [0.25, 0.3) is 0 Å². The normalized spacial score (nSPS) is 15.6. The zero-order valence-corrected chi connectivity index (χ0v) is 14.3. The number of nitrogens with one attached hydrogen (secondary N) is 1. The quantitative estimate of drug-likeness (QED) is 0.441. The van der Waals surface area contributed by atoms with E-state index in [9.17, 15) is 14.4 Å². The number of carbonyl (C=O) groups excluding carboxylic acids is 2. The van der Waals surface area contributed by atoms with Gasteiger partial charge in [0.2, 0.25) is 0 Å². The third-order valence-electron chi connectivity index (χ3n) is 3.46. The molecule has 0 aromatic heterocycles. The van der Waals surface area contributed by atoms with Gasteiger partial charge in [-0.15, -0.1) is 0 Å². The van der Waals surface area contributed by atoms with Crippen molar-refractivity contribution in [3.63, 3.8) is 0 Å². The van der Waals surface area contributed by atoms with E-state index >= 15 is 0 Å². The fourth-order valence-corrected chi connectivity index (χ4v) is 1.96. The summed E-state index contributed by atoms with van der Waals surface area (Å²) in [4.78, 5) is 37.1. The molecule has 1 atom stereocenters. The van der Waals surface area contributed by atoms with Gasteiger partial charge in [0, 0.05) is 17.2 Å². The standard InChI is InChI=1S/C16H16N2O3.C2H5NO2/c1-11-13(9-19)7-8-14(15(11)17)16(20)18-21-10-12-5-3-2-4-6-12;3-1-2(4)5/h2-8,11H,10,17H2,1H3,(H,18,20);1,3H2,(H,4,5). The van der Waals surface area contributed by atoms with Crippen LogP contribution in [0.15, 0.2) is 59.3 Å². The lowest BCUT2D eigenvalue weighted by atomic mass is 9.90. The van der Waals surface area contributed by atoms with Gasteiger partial charge in [0.25, 0.3) is 5.91 Å². The molecule has 1 unspecified atom stereocenters. The van der Waals surface area contributed by atoms with E-state index in [1.165, 1.54) is 6.08 Å². The van der Waals surface area contributed by atoms with Crippen LogP contribution in [-0.2, 0) is 25.8 Å². The van der Waals surface area contributed by atoms with E-state index in [1.54, 1.807) is 13.0 Å². The van der Waals surface area contributed by atoms with E-state index in [0.717, 1.165) is 5.56 Å². The van der Waals surface area contributed by atoms with Crippen LogP contribution in [0, 0.1) is 5.92 Å². The van der Waals surface area contributed by atoms with Gasteiger partial charge in [0.15, 0.2) is 0 Å². The SMILES string of the molecule is CC1C(=C=O)C=CC(C(=O)NOCc2ccccc2)=C1N.NCC(=O)O. The first-order valence-corrected chi connectivity index (χ1v) is 7.71. The molecule has 0 radical (unpaired) electrons. The van der Waals surface area contributed by atoms with Crippen LogP contribution in [0.3, 0.4) is 0 Å². The number of rotatable bonds is 5. The summed E-state index contributed by atoms with van der Waals surface area (Å²) >= 11 is 0. The van der Waals surface area contributed by atoms with Crippen molar-refractivity contribution in [3.05, 3.63) is 64.9 Å². The highest BCUT2D eigenvalue weighted by Crippen LogP contribution is 2.24. The first-order chi connectivity index (χ1) is 12.4. The van der Waals surface area contributed by atoms with E-state index in [0.29, 0.717) is 16.8 Å². The topological polar surface area (TPSA) is 145 Å². The molecular weight excluding hydrogens is 338 g/mol. The van der Waals surface area contributed by atoms with Crippen LogP contribution in [0.2, 0.25) is 0 Å². The summed E-state index contributed by atoms with van der Waals surface area (Å²) in [6.45, 7) is 1.73. The Bertz CT molecular complexity index is 749. The largest absolute Gasteiger partial charge is 0.480 e. The van der Waals surface area contributed by atoms with Crippen molar-refractivity contribution in [2.45, 2.75) is 13.5 Å². The molecule has 0 saturated carbocycles. The molecule has 0 heterocycles. The lowest BCUT2D eigenvalue weighted by Gasteiger charge is -2.18. The third kappa shape index (κ3) is 6.37. The highest BCUT2D eigenvalue weighted by Gasteiger charge is 2.22. The summed E-state index contributed by atoms with van der Waals surface area (Å²) in [6, 6.07) is 9.47. The van der Waals surface area contributed by atoms with E-state index < -0.39 is 11.9 Å². The van der Waals surface area contributed by atoms with Crippen molar-refractivity contribution in [2.75, 3.05) is 6.54 Å². The average molecular weight is 359 g/mol. The van der Waals surface area contributed by atoms with E-state index in [2.05, 4.69) is 11.2 Å². The number of carboxylic acids is 1. The molecule has 0 bridgehead atoms. The van der Waals surface area contributed by atoms with Crippen LogP contribution >= 0.6 is 0 Å². The van der Waals surface area contributed by atoms with Gasteiger partial charge < -0.3 is 16.6 Å². The summed E-state index contributed by atoms with van der Waals surface area (Å²) in [7, 11) is 0. The molecule has 6 N–H and O–H groups in total. The number of aliphatic carboxylic acids is 1. The summed E-state index contributed by atoms with van der Waals surface area (Å²) in [5.74, 6) is 0.0784. The Balaban J connectivity index is 0.000000597. The summed E-state index contributed by atoms with van der Waals surface area (Å²) in [6.07, 6.45) is 3.04. The summed E-state index contributed by atoms with van der Waals surface area (Å²) < 4.78 is 0. The molecule has 8 nitrogen and oxygen atoms in total. The smallest absolute Gasteiger partial charge is 0.317 e. The predicted molar refractivity (Wildman–Crippen MR) is 94.8 cm³/mol. The molecule has 1 aromatic carbocycles. The van der Waals surface area contributed by atoms with Crippen molar-refractivity contribution in [2.24, 2.45) is 17.4 Å². The summed E-state index contributed by atoms with van der Waals surface area (Å²) in [5, 5.41) is 7.60. The predicted octanol–water partition coefficient (Wildman–Crippen LogP) is 0.441. The molecule has 26 heavy (non-hydrogen) atoms. The van der Waals surface area contributed by atoms with Crippen LogP contribution < -0.4 is 16.9 Å². The van der Waals surface area contributed by atoms with Crippen molar-refractivity contribution >= 4 is 17.8 Å². The van der Waals surface area contributed by atoms with Gasteiger partial charge in [-0.2, -0.15) is 0 Å². The molecule has 8 heteroatoms. The van der Waals surface area contributed by atoms with E-state index in [-0.39, 0.29) is 19.1 Å². The van der Waals surface area contributed by atoms with Crippen molar-refractivity contribution < 1.29 is 24.3 Å². The van der Waals surface area contributed by atoms with Gasteiger partial charge in [-0.1, -0.05) is 37.3 Å². The summed E-state index contributed by atoms with van der Waals surface area (Å²) in [5.41, 5.74) is 14.8. The molecule has 0 saturated heterocycles. The van der Waals surface area contributed by atoms with Crippen LogP contribution in [0.4, 0.5) is 0 Å². The van der Waals surface area contributed by atoms with E-state index in [4.69, 9.17) is 15.7 Å². The number of allylic oxidation sites excluding steroid dienone is 2. The molecule has 138 valence electrons. The zero-order chi connectivity index (χ0) is 19.5. The Morgan fingerprint density at radius 2 is 1.88 bits per heavy atom. The van der Waals surface area contributed by atoms with Gasteiger partial charge in [-0.05, 0) is 17.7 Å². The lowest BCUT2D eigenvalue weighted by molar-refractivity contribution is -0.135. The van der Waals surface area contributed by atoms with Gasteiger partial charge in [0.05, 0.1) is 18.7 Å². The molecule has 0 aliphatic heterocycles. The number of nitrogens with two attached hydrogens (primary N) is 2. The minimum Gasteiger partial charge on any atom is -0.480 e. The third-order valence-corrected chi connectivity index (χ3v) is 3.46. The molecule has 0 spiro atoms. The second-order valence-corrected chi connectivity index (χ2v) is 5.28. The maximum Gasteiger partial charge on any atom is 0.317 e. The number of carbonyl (C=O) groups is 2. The highest BCUT2D eigenvalue weighted by atomic mass is 16.6. The Morgan fingerprint density at radius 3 is 2.42 bits per heavy atom. The van der Waals surface area contributed by atoms with Gasteiger partial charge >= 0.3 is 5.97 Å². The van der Waals surface area contributed by atoms with Crippen LogP contribution in [0.5, 0.6) is 0 Å². The first-order valence-electron chi connectivity index (χ1n) is 7.71. The highest BCUT2D eigenvalue weighted by molar-refractivity contribution is 5.97. The molecule has 1 aliphatic rings. The maximum atomic E-state index is 12.0. The minimum atomic E-state index is -0.968. The number of benzene rings is 1. The van der Waals surface area contributed by atoms with Gasteiger partial charge in [-0.25, -0.2) is 10.3 Å². The monoisotopic (exact) mass is 359 g/mol. The Labute approximate surface area is 150 Å². The molecule has 1 aliphatic carbocycles. The number of amides is 1. The Kier molecular flexibility index (Phi) is 8.52. The Hall–Kier alpha value is -3.19. The molecule has 1 amide bonds. The average Bonchev–Trinajstić information content (AvgIpc) is 2.65. The second-order valence-electron chi connectivity index (χ2n) is 5.28. The van der Waals surface area contributed by atoms with Gasteiger partial charge in [-0.3, -0.25) is 14.4 Å². The van der Waals surface area contributed by atoms with Crippen LogP contribution in [0.1, 0.15) is 12.5 Å². The van der Waals surface area contributed by atoms with Crippen molar-refractivity contribution in [1.29, 1.82) is 0 Å². The van der Waals surface area contributed by atoms with Crippen molar-refractivity contribution in [1.82, 2.24) is 5.48 Å². The van der Waals surface area contributed by atoms with Gasteiger partial charge in [0.1, 0.15) is 5.94 Å². The fraction of sp³-hybridized carbons (Fsp3) is 0.222. The first kappa shape index (κ1) is 20.9. The van der Waals surface area contributed by atoms with Crippen molar-refractivity contribution in [3.8, 4) is 0 Å². The zero-order valence-electron chi connectivity index (χ0n) is 14.3. The number of hydrogen-bond donors (Lipinski definition) is 4. The lowest BCUT2D eigenvalue weighted by Crippen LogP contribution is -2.29. The minimum absolute atomic E-state index is 0.262. The Morgan fingerprint density at radius 1 is 1.27 bits per heavy atom. The molecule has 0 fully saturated rings. The number of hydroxylamine groups is 1. The van der Waals surface area contributed by atoms with E-state index in [1.807, 2.05) is 36.3 Å².